The number of nitriles is 1. The largest absolute Gasteiger partial charge is 0.475 e. The predicted molar refractivity (Wildman–Crippen MR) is 97.5 cm³/mol. The molecule has 2 aromatic carbocycles. The Labute approximate surface area is 157 Å². The lowest BCUT2D eigenvalue weighted by atomic mass is 9.89. The fourth-order valence-corrected chi connectivity index (χ4v) is 3.20. The van der Waals surface area contributed by atoms with E-state index in [1.807, 2.05) is 12.1 Å². The van der Waals surface area contributed by atoms with Crippen molar-refractivity contribution >= 4 is 5.91 Å². The zero-order chi connectivity index (χ0) is 19.2. The molecule has 0 spiro atoms. The maximum absolute atomic E-state index is 14.0. The molecule has 0 aromatic heterocycles. The molecule has 140 valence electrons. The van der Waals surface area contributed by atoms with Gasteiger partial charge in [0.1, 0.15) is 6.04 Å². The van der Waals surface area contributed by atoms with E-state index >= 15 is 0 Å². The van der Waals surface area contributed by atoms with E-state index in [0.717, 1.165) is 18.4 Å². The third-order valence-corrected chi connectivity index (χ3v) is 4.62. The summed E-state index contributed by atoms with van der Waals surface area (Å²) < 4.78 is 24.7. The summed E-state index contributed by atoms with van der Waals surface area (Å²) in [5.41, 5.74) is 1.41. The summed E-state index contributed by atoms with van der Waals surface area (Å²) >= 11 is 0. The highest BCUT2D eigenvalue weighted by Crippen LogP contribution is 2.38. The number of para-hydroxylation sites is 1. The van der Waals surface area contributed by atoms with Crippen molar-refractivity contribution < 1.29 is 18.7 Å². The van der Waals surface area contributed by atoms with E-state index in [1.165, 1.54) is 12.1 Å². The third-order valence-electron chi connectivity index (χ3n) is 4.62. The van der Waals surface area contributed by atoms with Gasteiger partial charge in [-0.15, -0.1) is 0 Å². The number of unbranched alkanes of at least 4 members (excludes halogenated alkanes) is 1. The molecule has 1 fully saturated rings. The molecular weight excluding hydrogens is 347 g/mol. The minimum absolute atomic E-state index is 0.0635. The minimum atomic E-state index is -0.780. The lowest BCUT2D eigenvalue weighted by molar-refractivity contribution is -0.164. The first kappa shape index (κ1) is 18.9. The number of carbonyl (C=O) groups excluding carboxylic acids is 1. The number of hydrogen-bond donors (Lipinski definition) is 0. The Hall–Kier alpha value is -2.91. The van der Waals surface area contributed by atoms with Gasteiger partial charge in [-0.3, -0.25) is 4.79 Å². The van der Waals surface area contributed by atoms with Gasteiger partial charge >= 0.3 is 0 Å². The Balaban J connectivity index is 1.79. The van der Waals surface area contributed by atoms with Gasteiger partial charge < -0.3 is 14.4 Å². The van der Waals surface area contributed by atoms with Crippen molar-refractivity contribution in [2.24, 2.45) is 0 Å². The maximum atomic E-state index is 14.0. The number of rotatable bonds is 8. The summed E-state index contributed by atoms with van der Waals surface area (Å²) in [4.78, 5) is 14.4. The van der Waals surface area contributed by atoms with Gasteiger partial charge in [0.25, 0.3) is 5.91 Å². The lowest BCUT2D eigenvalue weighted by Gasteiger charge is -2.47. The van der Waals surface area contributed by atoms with Crippen LogP contribution in [-0.2, 0) is 9.53 Å². The number of β-lactam (4-membered cyclic amide) rings is 1. The van der Waals surface area contributed by atoms with Gasteiger partial charge in [-0.2, -0.15) is 5.26 Å². The van der Waals surface area contributed by atoms with Crippen LogP contribution in [0.2, 0.25) is 0 Å². The van der Waals surface area contributed by atoms with Gasteiger partial charge in [0.2, 0.25) is 6.10 Å². The molecule has 0 radical (unpaired) electrons. The smallest absolute Gasteiger partial charge is 0.266 e. The number of methoxy groups -OCH3 is 1. The van der Waals surface area contributed by atoms with Crippen LogP contribution in [0.5, 0.6) is 5.75 Å². The molecule has 2 atom stereocenters. The highest BCUT2D eigenvalue weighted by atomic mass is 19.1. The molecule has 0 saturated carbocycles. The molecular formula is C21H21FN2O3. The van der Waals surface area contributed by atoms with Crippen LogP contribution < -0.4 is 4.74 Å². The van der Waals surface area contributed by atoms with Crippen molar-refractivity contribution in [3.63, 3.8) is 0 Å². The first-order valence-electron chi connectivity index (χ1n) is 8.86. The van der Waals surface area contributed by atoms with Crippen molar-refractivity contribution in [3.05, 3.63) is 65.5 Å². The molecule has 0 N–H and O–H groups in total. The Morgan fingerprint density at radius 3 is 2.56 bits per heavy atom. The van der Waals surface area contributed by atoms with E-state index in [9.17, 15) is 9.18 Å². The quantitative estimate of drug-likeness (QED) is 0.529. The number of hydrogen-bond acceptors (Lipinski definition) is 4. The van der Waals surface area contributed by atoms with Gasteiger partial charge in [-0.1, -0.05) is 24.3 Å². The Morgan fingerprint density at radius 2 is 1.89 bits per heavy atom. The SMILES string of the molecule is COCCCCN1C(=O)[C@H](Oc2ccccc2F)[C@H]1c1ccc(C#N)cc1. The lowest BCUT2D eigenvalue weighted by Crippen LogP contribution is -2.61. The molecule has 1 heterocycles. The number of amides is 1. The van der Waals surface area contributed by atoms with E-state index in [0.29, 0.717) is 18.7 Å². The van der Waals surface area contributed by atoms with Crippen molar-refractivity contribution in [3.8, 4) is 11.8 Å². The highest BCUT2D eigenvalue weighted by Gasteiger charge is 2.49. The molecule has 1 aliphatic rings. The Bertz CT molecular complexity index is 832. The molecule has 5 nitrogen and oxygen atoms in total. The molecule has 3 rings (SSSR count). The molecule has 2 aromatic rings. The number of carbonyl (C=O) groups is 1. The van der Waals surface area contributed by atoms with Crippen molar-refractivity contribution in [1.82, 2.24) is 4.90 Å². The summed E-state index contributed by atoms with van der Waals surface area (Å²) in [6.45, 7) is 1.21. The van der Waals surface area contributed by atoms with Crippen molar-refractivity contribution in [2.75, 3.05) is 20.3 Å². The zero-order valence-corrected chi connectivity index (χ0v) is 15.1. The molecule has 1 amide bonds. The van der Waals surface area contributed by atoms with Gasteiger partial charge in [0, 0.05) is 20.3 Å². The number of nitrogens with zero attached hydrogens (tertiary/aromatic N) is 2. The van der Waals surface area contributed by atoms with E-state index in [-0.39, 0.29) is 17.7 Å². The standard InChI is InChI=1S/C21H21FN2O3/c1-26-13-5-4-12-24-19(16-10-8-15(14-23)9-11-16)20(21(24)25)27-18-7-3-2-6-17(18)22/h2-3,6-11,19-20H,4-5,12-13H2,1H3/t19-,20-/m1/s1. The summed E-state index contributed by atoms with van der Waals surface area (Å²) in [7, 11) is 1.65. The summed E-state index contributed by atoms with van der Waals surface area (Å²) in [5.74, 6) is -0.596. The van der Waals surface area contributed by atoms with Crippen LogP contribution in [0.4, 0.5) is 4.39 Å². The van der Waals surface area contributed by atoms with Crippen LogP contribution in [0.1, 0.15) is 30.0 Å². The average molecular weight is 368 g/mol. The van der Waals surface area contributed by atoms with Crippen LogP contribution in [0, 0.1) is 17.1 Å². The molecule has 0 aliphatic carbocycles. The van der Waals surface area contributed by atoms with Crippen molar-refractivity contribution in [2.45, 2.75) is 25.0 Å². The van der Waals surface area contributed by atoms with Gasteiger partial charge in [0.15, 0.2) is 11.6 Å². The predicted octanol–water partition coefficient (Wildman–Crippen LogP) is 3.45. The summed E-state index contributed by atoms with van der Waals surface area (Å²) in [5, 5.41) is 8.98. The second-order valence-electron chi connectivity index (χ2n) is 6.38. The highest BCUT2D eigenvalue weighted by molar-refractivity contribution is 5.89. The minimum Gasteiger partial charge on any atom is -0.475 e. The van der Waals surface area contributed by atoms with Crippen molar-refractivity contribution in [1.29, 1.82) is 5.26 Å². The van der Waals surface area contributed by atoms with Gasteiger partial charge in [0.05, 0.1) is 11.6 Å². The topological polar surface area (TPSA) is 62.6 Å². The maximum Gasteiger partial charge on any atom is 0.266 e. The molecule has 1 saturated heterocycles. The number of likely N-dealkylation sites (tertiary alicyclic amines) is 1. The molecule has 6 heteroatoms. The number of benzene rings is 2. The van der Waals surface area contributed by atoms with Crippen LogP contribution >= 0.6 is 0 Å². The van der Waals surface area contributed by atoms with E-state index < -0.39 is 11.9 Å². The second-order valence-corrected chi connectivity index (χ2v) is 6.38. The first-order chi connectivity index (χ1) is 13.2. The molecule has 27 heavy (non-hydrogen) atoms. The van der Waals surface area contributed by atoms with Crippen LogP contribution in [-0.4, -0.2) is 37.2 Å². The van der Waals surface area contributed by atoms with Crippen LogP contribution in [0.15, 0.2) is 48.5 Å². The summed E-state index contributed by atoms with van der Waals surface area (Å²) in [6, 6.07) is 14.9. The summed E-state index contributed by atoms with van der Waals surface area (Å²) in [6.07, 6.45) is 0.870. The fraction of sp³-hybridized carbons (Fsp3) is 0.333. The molecule has 0 bridgehead atoms. The zero-order valence-electron chi connectivity index (χ0n) is 15.1. The Kier molecular flexibility index (Phi) is 6.05. The van der Waals surface area contributed by atoms with E-state index in [1.54, 1.807) is 36.3 Å². The molecule has 0 unspecified atom stereocenters. The first-order valence-corrected chi connectivity index (χ1v) is 8.86. The molecule has 1 aliphatic heterocycles. The van der Waals surface area contributed by atoms with Crippen LogP contribution in [0.3, 0.4) is 0 Å². The normalized spacial score (nSPS) is 18.7. The van der Waals surface area contributed by atoms with E-state index in [4.69, 9.17) is 14.7 Å². The van der Waals surface area contributed by atoms with Crippen LogP contribution in [0.25, 0.3) is 0 Å². The van der Waals surface area contributed by atoms with Gasteiger partial charge in [-0.25, -0.2) is 4.39 Å². The fourth-order valence-electron chi connectivity index (χ4n) is 3.20. The average Bonchev–Trinajstić information content (AvgIpc) is 2.70. The number of ether oxygens (including phenoxy) is 2. The monoisotopic (exact) mass is 368 g/mol. The third kappa shape index (κ3) is 4.09. The number of halogens is 1. The van der Waals surface area contributed by atoms with E-state index in [2.05, 4.69) is 6.07 Å². The van der Waals surface area contributed by atoms with Gasteiger partial charge in [-0.05, 0) is 42.7 Å². The second kappa shape index (κ2) is 8.65. The Morgan fingerprint density at radius 1 is 1.15 bits per heavy atom.